The molecule has 0 aliphatic rings. The first kappa shape index (κ1) is 47.8. The average Bonchev–Trinajstić information content (AvgIpc) is 3.04. The molecule has 0 aromatic rings. The lowest BCUT2D eigenvalue weighted by Crippen LogP contribution is -2.37. The van der Waals surface area contributed by atoms with Crippen LogP contribution < -0.4 is 4.89 Å². The molecule has 0 amide bonds. The molecule has 0 heterocycles. The van der Waals surface area contributed by atoms with Crippen LogP contribution in [0.3, 0.4) is 0 Å². The molecule has 0 bridgehead atoms. The maximum absolute atomic E-state index is 12.6. The number of unbranched alkanes of at least 4 members (excludes halogenated alkanes) is 20. The minimum Gasteiger partial charge on any atom is -0.756 e. The van der Waals surface area contributed by atoms with Gasteiger partial charge in [-0.05, 0) is 38.5 Å². The van der Waals surface area contributed by atoms with Crippen LogP contribution in [0, 0.1) is 0 Å². The van der Waals surface area contributed by atoms with E-state index in [1.807, 2.05) is 21.1 Å². The van der Waals surface area contributed by atoms with Crippen LogP contribution in [0.15, 0.2) is 12.2 Å². The van der Waals surface area contributed by atoms with Crippen LogP contribution in [0.2, 0.25) is 0 Å². The number of quaternary nitrogens is 1. The van der Waals surface area contributed by atoms with E-state index in [1.165, 1.54) is 83.5 Å². The number of rotatable bonds is 36. The Morgan fingerprint density at radius 1 is 0.612 bits per heavy atom. The van der Waals surface area contributed by atoms with Crippen LogP contribution in [0.4, 0.5) is 0 Å². The van der Waals surface area contributed by atoms with E-state index in [-0.39, 0.29) is 32.0 Å². The summed E-state index contributed by atoms with van der Waals surface area (Å²) in [5.74, 6) is -0.840. The fourth-order valence-corrected chi connectivity index (χ4v) is 6.08. The summed E-state index contributed by atoms with van der Waals surface area (Å²) < 4.78 is 33.8. The summed E-state index contributed by atoms with van der Waals surface area (Å²) in [6.45, 7) is 4.19. The number of hydrogen-bond acceptors (Lipinski definition) is 8. The summed E-state index contributed by atoms with van der Waals surface area (Å²) in [5, 5.41) is 0. The van der Waals surface area contributed by atoms with Crippen LogP contribution in [0.5, 0.6) is 0 Å². The lowest BCUT2D eigenvalue weighted by atomic mass is 10.0. The van der Waals surface area contributed by atoms with Crippen molar-refractivity contribution in [3.63, 3.8) is 0 Å². The van der Waals surface area contributed by atoms with Gasteiger partial charge in [-0.15, -0.1) is 0 Å². The molecule has 0 aliphatic heterocycles. The molecule has 49 heavy (non-hydrogen) atoms. The van der Waals surface area contributed by atoms with Gasteiger partial charge < -0.3 is 27.9 Å². The Hall–Kier alpha value is -1.25. The number of phosphoric ester groups is 1. The minimum atomic E-state index is -4.61. The van der Waals surface area contributed by atoms with Crippen LogP contribution >= 0.6 is 7.82 Å². The van der Waals surface area contributed by atoms with E-state index in [1.54, 1.807) is 0 Å². The van der Waals surface area contributed by atoms with Gasteiger partial charge in [-0.1, -0.05) is 135 Å². The summed E-state index contributed by atoms with van der Waals surface area (Å²) in [7, 11) is 1.17. The number of nitrogens with zero attached hydrogens (tertiary/aromatic N) is 1. The molecule has 2 atom stereocenters. The molecule has 0 spiro atoms. The highest BCUT2D eigenvalue weighted by molar-refractivity contribution is 7.45. The minimum absolute atomic E-state index is 0.0297. The summed E-state index contributed by atoms with van der Waals surface area (Å²) in [5.41, 5.74) is 0. The van der Waals surface area contributed by atoms with Crippen molar-refractivity contribution in [3.8, 4) is 0 Å². The van der Waals surface area contributed by atoms with Gasteiger partial charge in [-0.2, -0.15) is 0 Å². The molecule has 0 radical (unpaired) electrons. The van der Waals surface area contributed by atoms with Crippen LogP contribution in [-0.4, -0.2) is 70.0 Å². The van der Waals surface area contributed by atoms with Gasteiger partial charge in [-0.3, -0.25) is 14.2 Å². The van der Waals surface area contributed by atoms with Crippen molar-refractivity contribution < 1.29 is 42.1 Å². The standard InChI is InChI=1S/C39H76NO8P/c1-6-8-10-12-14-16-18-20-22-23-25-27-29-31-38(41)45-35-37(36-47-49(43,44)46-34-33-40(3,4)5)48-39(42)32-30-28-26-24-21-19-17-15-13-11-9-7-2/h15,17,37H,6-14,16,18-36H2,1-5H3/b17-15-/t37-/m1/s1. The molecule has 0 fully saturated rings. The smallest absolute Gasteiger partial charge is 0.306 e. The fraction of sp³-hybridized carbons (Fsp3) is 0.897. The van der Waals surface area contributed by atoms with E-state index < -0.39 is 26.5 Å². The van der Waals surface area contributed by atoms with Crippen molar-refractivity contribution in [1.29, 1.82) is 0 Å². The number of carbonyl (C=O) groups is 2. The zero-order valence-corrected chi connectivity index (χ0v) is 33.3. The highest BCUT2D eigenvalue weighted by Crippen LogP contribution is 2.38. The third-order valence-electron chi connectivity index (χ3n) is 8.54. The van der Waals surface area contributed by atoms with Crippen LogP contribution in [-0.2, 0) is 32.7 Å². The van der Waals surface area contributed by atoms with Crippen molar-refractivity contribution in [1.82, 2.24) is 0 Å². The van der Waals surface area contributed by atoms with E-state index in [0.717, 1.165) is 57.8 Å². The summed E-state index contributed by atoms with van der Waals surface area (Å²) >= 11 is 0. The lowest BCUT2D eigenvalue weighted by Gasteiger charge is -2.28. The lowest BCUT2D eigenvalue weighted by molar-refractivity contribution is -0.870. The second kappa shape index (κ2) is 32.6. The average molecular weight is 718 g/mol. The Morgan fingerprint density at radius 3 is 1.55 bits per heavy atom. The second-order valence-electron chi connectivity index (χ2n) is 14.7. The van der Waals surface area contributed by atoms with Crippen molar-refractivity contribution in [2.75, 3.05) is 47.5 Å². The Kier molecular flexibility index (Phi) is 31.8. The first-order valence-electron chi connectivity index (χ1n) is 19.9. The maximum Gasteiger partial charge on any atom is 0.306 e. The van der Waals surface area contributed by atoms with E-state index in [9.17, 15) is 19.0 Å². The Labute approximate surface area is 301 Å². The first-order chi connectivity index (χ1) is 23.5. The largest absolute Gasteiger partial charge is 0.756 e. The van der Waals surface area contributed by atoms with Gasteiger partial charge >= 0.3 is 11.9 Å². The van der Waals surface area contributed by atoms with Gasteiger partial charge in [0.25, 0.3) is 7.82 Å². The highest BCUT2D eigenvalue weighted by Gasteiger charge is 2.21. The number of esters is 2. The number of likely N-dealkylation sites (N-methyl/N-ethyl adjacent to an activating group) is 1. The van der Waals surface area contributed by atoms with Crippen molar-refractivity contribution in [3.05, 3.63) is 12.2 Å². The molecular formula is C39H76NO8P. The topological polar surface area (TPSA) is 111 Å². The third kappa shape index (κ3) is 36.3. The maximum atomic E-state index is 12.6. The van der Waals surface area contributed by atoms with Crippen molar-refractivity contribution in [2.24, 2.45) is 0 Å². The predicted octanol–water partition coefficient (Wildman–Crippen LogP) is 10.00. The molecule has 0 aromatic carbocycles. The number of phosphoric acid groups is 1. The monoisotopic (exact) mass is 718 g/mol. The fourth-order valence-electron chi connectivity index (χ4n) is 5.35. The van der Waals surface area contributed by atoms with Crippen LogP contribution in [0.1, 0.15) is 174 Å². The molecular weight excluding hydrogens is 641 g/mol. The normalized spacial score (nSPS) is 13.8. The molecule has 0 aliphatic carbocycles. The third-order valence-corrected chi connectivity index (χ3v) is 9.50. The Morgan fingerprint density at radius 2 is 1.04 bits per heavy atom. The molecule has 10 heteroatoms. The van der Waals surface area contributed by atoms with E-state index in [0.29, 0.717) is 17.4 Å². The number of carbonyl (C=O) groups excluding carboxylic acids is 2. The summed E-state index contributed by atoms with van der Waals surface area (Å²) in [6, 6.07) is 0. The van der Waals surface area contributed by atoms with Gasteiger partial charge in [0.1, 0.15) is 19.8 Å². The number of ether oxygens (including phenoxy) is 2. The Balaban J connectivity index is 4.41. The zero-order valence-electron chi connectivity index (χ0n) is 32.4. The van der Waals surface area contributed by atoms with E-state index in [4.69, 9.17) is 18.5 Å². The quantitative estimate of drug-likeness (QED) is 0.0207. The molecule has 290 valence electrons. The highest BCUT2D eigenvalue weighted by atomic mass is 31.2. The first-order valence-corrected chi connectivity index (χ1v) is 21.4. The molecule has 0 saturated heterocycles. The predicted molar refractivity (Wildman–Crippen MR) is 199 cm³/mol. The molecule has 0 rings (SSSR count). The Bertz CT molecular complexity index is 860. The van der Waals surface area contributed by atoms with Gasteiger partial charge in [0.15, 0.2) is 6.10 Å². The van der Waals surface area contributed by atoms with E-state index in [2.05, 4.69) is 26.0 Å². The SMILES string of the molecule is CCCCC/C=C\CCCCCCCC(=O)O[C@H](COC(=O)CCCCCCCCCCCCCCC)COP(=O)([O-])OCC[N+](C)(C)C. The summed E-state index contributed by atoms with van der Waals surface area (Å²) in [6.07, 6.45) is 30.9. The molecule has 0 aromatic heterocycles. The van der Waals surface area contributed by atoms with Crippen molar-refractivity contribution >= 4 is 19.8 Å². The molecule has 9 nitrogen and oxygen atoms in total. The van der Waals surface area contributed by atoms with Gasteiger partial charge in [0, 0.05) is 12.8 Å². The molecule has 0 N–H and O–H groups in total. The van der Waals surface area contributed by atoms with Gasteiger partial charge in [0.05, 0.1) is 27.7 Å². The second-order valence-corrected chi connectivity index (χ2v) is 16.1. The zero-order chi connectivity index (χ0) is 36.5. The number of allylic oxidation sites excluding steroid dienone is 2. The molecule has 1 unspecified atom stereocenters. The van der Waals surface area contributed by atoms with Gasteiger partial charge in [0.2, 0.25) is 0 Å². The van der Waals surface area contributed by atoms with Crippen LogP contribution in [0.25, 0.3) is 0 Å². The van der Waals surface area contributed by atoms with Crippen molar-refractivity contribution in [2.45, 2.75) is 180 Å². The molecule has 0 saturated carbocycles. The number of hydrogen-bond donors (Lipinski definition) is 0. The summed E-state index contributed by atoms with van der Waals surface area (Å²) in [4.78, 5) is 37.3. The van der Waals surface area contributed by atoms with E-state index >= 15 is 0 Å². The van der Waals surface area contributed by atoms with Gasteiger partial charge in [-0.25, -0.2) is 0 Å².